The Bertz CT molecular complexity index is 2780. The van der Waals surface area contributed by atoms with Crippen LogP contribution in [0.1, 0.15) is 0 Å². The molecule has 4 heterocycles. The molecule has 0 unspecified atom stereocenters. The van der Waals surface area contributed by atoms with Gasteiger partial charge in [0.1, 0.15) is 16.2 Å². The minimum Gasteiger partial charge on any atom is -0.456 e. The Morgan fingerprint density at radius 1 is 0.426 bits per heavy atom. The van der Waals surface area contributed by atoms with Crippen molar-refractivity contribution in [2.24, 2.45) is 0 Å². The first-order chi connectivity index (χ1) is 23.3. The van der Waals surface area contributed by atoms with Gasteiger partial charge in [0.25, 0.3) is 0 Å². The Morgan fingerprint density at radius 3 is 1.98 bits per heavy atom. The zero-order chi connectivity index (χ0) is 30.9. The van der Waals surface area contributed by atoms with E-state index in [0.717, 1.165) is 54.7 Å². The van der Waals surface area contributed by atoms with E-state index in [1.807, 2.05) is 54.6 Å². The molecule has 220 valence electrons. The van der Waals surface area contributed by atoms with E-state index in [-0.39, 0.29) is 0 Å². The summed E-state index contributed by atoms with van der Waals surface area (Å²) in [6.07, 6.45) is 0. The van der Waals surface area contributed by atoms with Crippen molar-refractivity contribution < 1.29 is 4.42 Å². The molecule has 0 aliphatic heterocycles. The quantitative estimate of drug-likeness (QED) is 0.192. The summed E-state index contributed by atoms with van der Waals surface area (Å²) in [6, 6.07) is 45.7. The van der Waals surface area contributed by atoms with Crippen molar-refractivity contribution in [3.05, 3.63) is 133 Å². The molecular formula is C40H22N4OS2. The molecule has 47 heavy (non-hydrogen) atoms. The topological polar surface area (TPSA) is 64.7 Å². The van der Waals surface area contributed by atoms with Gasteiger partial charge >= 0.3 is 0 Å². The second kappa shape index (κ2) is 10.4. The number of hydrogen-bond acceptors (Lipinski definition) is 7. The lowest BCUT2D eigenvalue weighted by Crippen LogP contribution is -2.00. The van der Waals surface area contributed by atoms with E-state index < -0.39 is 0 Å². The summed E-state index contributed by atoms with van der Waals surface area (Å²) in [4.78, 5) is 20.2. The van der Waals surface area contributed by atoms with Gasteiger partial charge in [-0.25, -0.2) is 19.9 Å². The van der Waals surface area contributed by atoms with Crippen molar-refractivity contribution in [3.63, 3.8) is 0 Å². The fourth-order valence-electron chi connectivity index (χ4n) is 6.43. The van der Waals surface area contributed by atoms with Crippen molar-refractivity contribution in [3.8, 4) is 44.7 Å². The first-order valence-electron chi connectivity index (χ1n) is 15.3. The average Bonchev–Trinajstić information content (AvgIpc) is 3.84. The van der Waals surface area contributed by atoms with Crippen LogP contribution in [0.4, 0.5) is 0 Å². The lowest BCUT2D eigenvalue weighted by Gasteiger charge is -2.10. The van der Waals surface area contributed by atoms with Gasteiger partial charge in [-0.2, -0.15) is 0 Å². The van der Waals surface area contributed by atoms with Gasteiger partial charge in [0, 0.05) is 53.2 Å². The molecule has 0 saturated carbocycles. The molecule has 5 nitrogen and oxygen atoms in total. The normalized spacial score (nSPS) is 11.8. The molecule has 6 aromatic carbocycles. The predicted octanol–water partition coefficient (Wildman–Crippen LogP) is 11.4. The van der Waals surface area contributed by atoms with E-state index in [2.05, 4.69) is 78.9 Å². The number of thiophene rings is 1. The maximum Gasteiger partial charge on any atom is 0.164 e. The van der Waals surface area contributed by atoms with E-state index >= 15 is 0 Å². The molecule has 0 bridgehead atoms. The molecule has 0 N–H and O–H groups in total. The number of thiazole rings is 1. The van der Waals surface area contributed by atoms with Gasteiger partial charge in [0.15, 0.2) is 17.5 Å². The Morgan fingerprint density at radius 2 is 1.13 bits per heavy atom. The molecule has 0 aliphatic rings. The van der Waals surface area contributed by atoms with Crippen molar-refractivity contribution in [2.45, 2.75) is 0 Å². The number of nitrogens with zero attached hydrogens (tertiary/aromatic N) is 4. The molecule has 4 aromatic heterocycles. The zero-order valence-corrected chi connectivity index (χ0v) is 26.3. The van der Waals surface area contributed by atoms with Crippen LogP contribution in [0.3, 0.4) is 0 Å². The third-order valence-electron chi connectivity index (χ3n) is 8.59. The maximum absolute atomic E-state index is 6.48. The fourth-order valence-corrected chi connectivity index (χ4v) is 8.53. The third-order valence-corrected chi connectivity index (χ3v) is 10.8. The van der Waals surface area contributed by atoms with Crippen LogP contribution >= 0.6 is 22.7 Å². The first-order valence-corrected chi connectivity index (χ1v) is 16.9. The standard InChI is InChI=1S/C40H22N4OS2/c1-2-10-23(11-3-1)37-42-38(44-39(43-37)28-14-9-19-34-36(28)26-12-4-6-17-32(26)46-34)27-13-8-16-30-35(27)25-21-20-24(22-31(25)45-30)40-41-29-15-5-7-18-33(29)47-40/h1-22H. The number of aromatic nitrogens is 4. The van der Waals surface area contributed by atoms with Crippen LogP contribution in [0.2, 0.25) is 0 Å². The van der Waals surface area contributed by atoms with Crippen molar-refractivity contribution in [1.82, 2.24) is 19.9 Å². The Hall–Kier alpha value is -5.76. The van der Waals surface area contributed by atoms with E-state index in [1.165, 1.54) is 24.9 Å². The number of hydrogen-bond donors (Lipinski definition) is 0. The van der Waals surface area contributed by atoms with Crippen LogP contribution in [-0.4, -0.2) is 19.9 Å². The number of furan rings is 1. The summed E-state index contributed by atoms with van der Waals surface area (Å²) >= 11 is 3.48. The van der Waals surface area contributed by atoms with Gasteiger partial charge in [-0.1, -0.05) is 91.0 Å². The van der Waals surface area contributed by atoms with Crippen LogP contribution < -0.4 is 0 Å². The monoisotopic (exact) mass is 638 g/mol. The molecule has 0 radical (unpaired) electrons. The molecule has 0 spiro atoms. The van der Waals surface area contributed by atoms with Crippen LogP contribution in [0.25, 0.3) is 97.1 Å². The lowest BCUT2D eigenvalue weighted by molar-refractivity contribution is 0.669. The number of para-hydroxylation sites is 1. The van der Waals surface area contributed by atoms with E-state index in [4.69, 9.17) is 24.4 Å². The summed E-state index contributed by atoms with van der Waals surface area (Å²) in [6.45, 7) is 0. The molecule has 0 fully saturated rings. The highest BCUT2D eigenvalue weighted by atomic mass is 32.1. The summed E-state index contributed by atoms with van der Waals surface area (Å²) in [5.74, 6) is 1.88. The van der Waals surface area contributed by atoms with Gasteiger partial charge in [-0.3, -0.25) is 0 Å². The van der Waals surface area contributed by atoms with E-state index in [1.54, 1.807) is 22.7 Å². The summed E-state index contributed by atoms with van der Waals surface area (Å²) in [5, 5.41) is 5.33. The Kier molecular flexibility index (Phi) is 5.85. The first kappa shape index (κ1) is 26.5. The minimum absolute atomic E-state index is 0.606. The molecule has 0 saturated heterocycles. The highest BCUT2D eigenvalue weighted by Crippen LogP contribution is 2.42. The molecule has 10 rings (SSSR count). The zero-order valence-electron chi connectivity index (χ0n) is 24.7. The fraction of sp³-hybridized carbons (Fsp3) is 0. The summed E-state index contributed by atoms with van der Waals surface area (Å²) in [5.41, 5.74) is 6.45. The van der Waals surface area contributed by atoms with Gasteiger partial charge in [-0.05, 0) is 42.5 Å². The van der Waals surface area contributed by atoms with E-state index in [9.17, 15) is 0 Å². The number of fused-ring (bicyclic) bond motifs is 7. The maximum atomic E-state index is 6.48. The Labute approximate surface area is 276 Å². The van der Waals surface area contributed by atoms with E-state index in [0.29, 0.717) is 17.5 Å². The molecule has 0 aliphatic carbocycles. The van der Waals surface area contributed by atoms with Crippen LogP contribution in [0.15, 0.2) is 138 Å². The molecule has 10 aromatic rings. The second-order valence-electron chi connectivity index (χ2n) is 11.4. The van der Waals surface area contributed by atoms with Crippen LogP contribution in [0, 0.1) is 0 Å². The highest BCUT2D eigenvalue weighted by molar-refractivity contribution is 7.26. The predicted molar refractivity (Wildman–Crippen MR) is 195 cm³/mol. The van der Waals surface area contributed by atoms with Crippen molar-refractivity contribution >= 4 is 75.0 Å². The molecule has 7 heteroatoms. The van der Waals surface area contributed by atoms with Gasteiger partial charge in [0.2, 0.25) is 0 Å². The smallest absolute Gasteiger partial charge is 0.164 e. The highest BCUT2D eigenvalue weighted by Gasteiger charge is 2.20. The molecular weight excluding hydrogens is 617 g/mol. The van der Waals surface area contributed by atoms with Crippen molar-refractivity contribution in [2.75, 3.05) is 0 Å². The van der Waals surface area contributed by atoms with Gasteiger partial charge in [-0.15, -0.1) is 22.7 Å². The summed E-state index contributed by atoms with van der Waals surface area (Å²) in [7, 11) is 0. The van der Waals surface area contributed by atoms with Crippen LogP contribution in [0.5, 0.6) is 0 Å². The molecule has 0 amide bonds. The summed E-state index contributed by atoms with van der Waals surface area (Å²) < 4.78 is 10.1. The minimum atomic E-state index is 0.606. The van der Waals surface area contributed by atoms with Crippen LogP contribution in [-0.2, 0) is 0 Å². The second-order valence-corrected chi connectivity index (χ2v) is 13.5. The SMILES string of the molecule is c1ccc(-c2nc(-c3cccc4oc5cc(-c6nc7ccccc7s6)ccc5c34)nc(-c3cccc4sc5ccccc5c34)n2)cc1. The van der Waals surface area contributed by atoms with Gasteiger partial charge < -0.3 is 4.42 Å². The third kappa shape index (κ3) is 4.28. The number of benzene rings is 6. The van der Waals surface area contributed by atoms with Crippen molar-refractivity contribution in [1.29, 1.82) is 0 Å². The Balaban J connectivity index is 1.20. The lowest BCUT2D eigenvalue weighted by atomic mass is 10.0. The number of rotatable bonds is 4. The molecule has 0 atom stereocenters. The largest absolute Gasteiger partial charge is 0.456 e. The van der Waals surface area contributed by atoms with Gasteiger partial charge in [0.05, 0.1) is 10.2 Å². The average molecular weight is 639 g/mol.